The molecule has 0 saturated heterocycles. The van der Waals surface area contributed by atoms with Gasteiger partial charge < -0.3 is 9.30 Å². The van der Waals surface area contributed by atoms with Gasteiger partial charge in [-0.25, -0.2) is 4.98 Å². The minimum absolute atomic E-state index is 0. The fourth-order valence-electron chi connectivity index (χ4n) is 6.52. The Kier molecular flexibility index (Phi) is 9.47. The maximum atomic E-state index is 6.54. The van der Waals surface area contributed by atoms with Gasteiger partial charge in [0.25, 0.3) is 0 Å². The number of aryl methyl sites for hydroxylation is 3. The molecule has 0 aliphatic carbocycles. The second kappa shape index (κ2) is 13.7. The van der Waals surface area contributed by atoms with E-state index in [0.29, 0.717) is 17.4 Å². The topological polar surface area (TPSA) is 44.9 Å². The summed E-state index contributed by atoms with van der Waals surface area (Å²) in [4.78, 5) is 4.80. The average Bonchev–Trinajstić information content (AvgIpc) is 3.64. The Morgan fingerprint density at radius 1 is 0.830 bits per heavy atom. The van der Waals surface area contributed by atoms with Crippen LogP contribution in [0.15, 0.2) is 97.5 Å². The van der Waals surface area contributed by atoms with Crippen molar-refractivity contribution in [2.45, 2.75) is 53.9 Å². The van der Waals surface area contributed by atoms with Gasteiger partial charge in [-0.3, -0.25) is 4.68 Å². The summed E-state index contributed by atoms with van der Waals surface area (Å²) in [6, 6.07) is 34.6. The summed E-state index contributed by atoms with van der Waals surface area (Å²) in [5.74, 6) is 2.71. The van der Waals surface area contributed by atoms with Crippen molar-refractivity contribution in [3.8, 4) is 34.1 Å². The zero-order chi connectivity index (χ0) is 31.8. The minimum Gasteiger partial charge on any atom is -0.509 e. The molecule has 0 amide bonds. The van der Waals surface area contributed by atoms with Crippen molar-refractivity contribution in [2.24, 2.45) is 5.92 Å². The first-order valence-electron chi connectivity index (χ1n) is 16.1. The number of hydrogen-bond donors (Lipinski definition) is 0. The third kappa shape index (κ3) is 6.55. The molecule has 0 aliphatic heterocycles. The van der Waals surface area contributed by atoms with E-state index in [9.17, 15) is 0 Å². The maximum absolute atomic E-state index is 6.54. The zero-order valence-corrected chi connectivity index (χ0v) is 29.7. The number of ether oxygens (including phenoxy) is 1. The molecule has 238 valence electrons. The number of hydrogen-bond acceptors (Lipinski definition) is 3. The molecule has 0 aliphatic rings. The predicted molar refractivity (Wildman–Crippen MR) is 187 cm³/mol. The molecule has 0 saturated carbocycles. The summed E-state index contributed by atoms with van der Waals surface area (Å²) >= 11 is 0. The Morgan fingerprint density at radius 2 is 1.64 bits per heavy atom. The van der Waals surface area contributed by atoms with E-state index in [0.717, 1.165) is 58.1 Å². The normalized spacial score (nSPS) is 11.4. The molecule has 0 fully saturated rings. The first-order valence-corrected chi connectivity index (χ1v) is 16.1. The van der Waals surface area contributed by atoms with Crippen LogP contribution in [-0.2, 0) is 33.9 Å². The van der Waals surface area contributed by atoms with Crippen molar-refractivity contribution in [2.75, 3.05) is 0 Å². The van der Waals surface area contributed by atoms with Gasteiger partial charge >= 0.3 is 21.1 Å². The second-order valence-corrected chi connectivity index (χ2v) is 12.6. The van der Waals surface area contributed by atoms with Crippen LogP contribution in [0.4, 0.5) is 0 Å². The maximum Gasteiger partial charge on any atom is 2.00 e. The van der Waals surface area contributed by atoms with Crippen LogP contribution in [0.1, 0.15) is 49.4 Å². The van der Waals surface area contributed by atoms with Crippen molar-refractivity contribution >= 4 is 21.8 Å². The predicted octanol–water partition coefficient (Wildman–Crippen LogP) is 10.2. The molecule has 0 radical (unpaired) electrons. The second-order valence-electron chi connectivity index (χ2n) is 12.6. The molecule has 7 aromatic rings. The number of fused-ring (bicyclic) bond motifs is 3. The molecule has 6 heteroatoms. The van der Waals surface area contributed by atoms with Crippen LogP contribution in [0, 0.1) is 31.9 Å². The van der Waals surface area contributed by atoms with Crippen LogP contribution in [-0.4, -0.2) is 19.3 Å². The third-order valence-corrected chi connectivity index (χ3v) is 8.49. The van der Waals surface area contributed by atoms with E-state index in [2.05, 4.69) is 130 Å². The van der Waals surface area contributed by atoms with Crippen LogP contribution in [0.25, 0.3) is 44.4 Å². The van der Waals surface area contributed by atoms with Crippen LogP contribution in [0.2, 0.25) is 0 Å². The van der Waals surface area contributed by atoms with Gasteiger partial charge in [0.15, 0.2) is 0 Å². The fourth-order valence-corrected chi connectivity index (χ4v) is 6.52. The average molecular weight is 798 g/mol. The summed E-state index contributed by atoms with van der Waals surface area (Å²) in [5.41, 5.74) is 10.1. The van der Waals surface area contributed by atoms with Crippen molar-refractivity contribution < 1.29 is 25.8 Å². The molecular weight excluding hydrogens is 760 g/mol. The molecule has 3 heterocycles. The van der Waals surface area contributed by atoms with Gasteiger partial charge in [0, 0.05) is 35.0 Å². The Hall–Kier alpha value is -4.47. The minimum atomic E-state index is 0. The van der Waals surface area contributed by atoms with Crippen molar-refractivity contribution in [3.63, 3.8) is 0 Å². The third-order valence-electron chi connectivity index (χ3n) is 8.49. The van der Waals surface area contributed by atoms with E-state index in [1.807, 2.05) is 23.1 Å². The van der Waals surface area contributed by atoms with Gasteiger partial charge in [-0.05, 0) is 77.7 Å². The molecular formula is C41H38N4OPt. The van der Waals surface area contributed by atoms with E-state index in [-0.39, 0.29) is 21.1 Å². The van der Waals surface area contributed by atoms with E-state index < -0.39 is 0 Å². The van der Waals surface area contributed by atoms with Crippen LogP contribution in [0.5, 0.6) is 11.5 Å². The quantitative estimate of drug-likeness (QED) is 0.137. The van der Waals surface area contributed by atoms with E-state index >= 15 is 0 Å². The fraction of sp³-hybridized carbons (Fsp3) is 0.220. The van der Waals surface area contributed by atoms with E-state index in [1.54, 1.807) is 0 Å². The molecule has 0 unspecified atom stereocenters. The summed E-state index contributed by atoms with van der Waals surface area (Å²) in [7, 11) is 0. The number of pyridine rings is 1. The van der Waals surface area contributed by atoms with Crippen molar-refractivity contribution in [1.29, 1.82) is 0 Å². The Balaban J connectivity index is 0.00000386. The Labute approximate surface area is 291 Å². The van der Waals surface area contributed by atoms with E-state index in [1.165, 1.54) is 27.8 Å². The van der Waals surface area contributed by atoms with Crippen LogP contribution >= 0.6 is 0 Å². The largest absolute Gasteiger partial charge is 2.00 e. The molecule has 0 bridgehead atoms. The SMILES string of the molecule is CCCc1cc(Oc2[c-]c3c(cc2)c2ccccc2n3-c2cc(CC(C)C)ccn2)[c-]c(-n2cc(-c3c(C)cccc3C)cn2)c1.[Pt+2]. The number of rotatable bonds is 9. The number of benzene rings is 4. The van der Waals surface area contributed by atoms with Gasteiger partial charge in [0.2, 0.25) is 0 Å². The van der Waals surface area contributed by atoms with Crippen molar-refractivity contribution in [3.05, 3.63) is 132 Å². The van der Waals surface area contributed by atoms with Gasteiger partial charge in [-0.15, -0.1) is 35.7 Å². The molecule has 0 spiro atoms. The van der Waals surface area contributed by atoms with Gasteiger partial charge in [-0.1, -0.05) is 75.5 Å². The first kappa shape index (κ1) is 32.5. The molecule has 47 heavy (non-hydrogen) atoms. The first-order chi connectivity index (χ1) is 22.4. The molecule has 7 rings (SSSR count). The molecule has 0 N–H and O–H groups in total. The summed E-state index contributed by atoms with van der Waals surface area (Å²) < 4.78 is 10.6. The Bertz CT molecular complexity index is 2170. The van der Waals surface area contributed by atoms with Crippen LogP contribution < -0.4 is 4.74 Å². The van der Waals surface area contributed by atoms with Gasteiger partial charge in [0.05, 0.1) is 6.20 Å². The van der Waals surface area contributed by atoms with Gasteiger partial charge in [-0.2, -0.15) is 16.7 Å². The van der Waals surface area contributed by atoms with Crippen LogP contribution in [0.3, 0.4) is 0 Å². The summed E-state index contributed by atoms with van der Waals surface area (Å²) in [6.45, 7) is 11.0. The molecule has 0 atom stereocenters. The van der Waals surface area contributed by atoms with Gasteiger partial charge in [0.1, 0.15) is 5.82 Å². The summed E-state index contributed by atoms with van der Waals surface area (Å²) in [5, 5.41) is 7.01. The number of para-hydroxylation sites is 1. The number of nitrogens with zero attached hydrogens (tertiary/aromatic N) is 4. The zero-order valence-electron chi connectivity index (χ0n) is 27.4. The monoisotopic (exact) mass is 797 g/mol. The smallest absolute Gasteiger partial charge is 0.509 e. The van der Waals surface area contributed by atoms with Crippen molar-refractivity contribution in [1.82, 2.24) is 19.3 Å². The Morgan fingerprint density at radius 3 is 2.43 bits per heavy atom. The summed E-state index contributed by atoms with van der Waals surface area (Å²) in [6.07, 6.45) is 8.87. The standard InChI is InChI=1S/C41H38N4O.Pt/c1-6-10-30-20-33(44-26-32(25-43-44)41-28(4)11-9-12-29(41)5)23-35(21-30)46-34-15-16-37-36-13-7-8-14-38(36)45(39(37)24-34)40-22-31(17-18-42-40)19-27(2)3;/h7-9,11-18,20-22,25-27H,6,10,19H2,1-5H3;/q-2;+2. The molecule has 4 aromatic carbocycles. The molecule has 5 nitrogen and oxygen atoms in total. The van der Waals surface area contributed by atoms with E-state index in [4.69, 9.17) is 14.8 Å². The molecule has 3 aromatic heterocycles. The number of aromatic nitrogens is 4.